The van der Waals surface area contributed by atoms with Gasteiger partial charge in [-0.2, -0.15) is 5.26 Å². The Morgan fingerprint density at radius 1 is 1.38 bits per heavy atom. The van der Waals surface area contributed by atoms with Crippen LogP contribution in [0.4, 0.5) is 22.0 Å². The molecule has 0 amide bonds. The van der Waals surface area contributed by atoms with E-state index in [-0.39, 0.29) is 0 Å². The minimum absolute atomic E-state index is 0.476. The smallest absolute Gasteiger partial charge is 0.388 e. The minimum atomic E-state index is -4.98. The second-order valence-electron chi connectivity index (χ2n) is 2.57. The SMILES string of the molecule is N#Cc1cc(OC(F)(F)F)ncc1C(F)F. The molecule has 8 heteroatoms. The van der Waals surface area contributed by atoms with E-state index in [9.17, 15) is 22.0 Å². The van der Waals surface area contributed by atoms with Gasteiger partial charge in [-0.15, -0.1) is 13.2 Å². The van der Waals surface area contributed by atoms with Crippen molar-refractivity contribution in [2.45, 2.75) is 12.8 Å². The zero-order chi connectivity index (χ0) is 12.3. The van der Waals surface area contributed by atoms with Crippen LogP contribution in [0.15, 0.2) is 12.3 Å². The van der Waals surface area contributed by atoms with Crippen molar-refractivity contribution in [3.05, 3.63) is 23.4 Å². The third-order valence-electron chi connectivity index (χ3n) is 1.49. The van der Waals surface area contributed by atoms with Gasteiger partial charge in [0, 0.05) is 12.3 Å². The molecule has 16 heavy (non-hydrogen) atoms. The molecule has 1 heterocycles. The zero-order valence-electron chi connectivity index (χ0n) is 7.42. The van der Waals surface area contributed by atoms with Crippen LogP contribution in [-0.2, 0) is 0 Å². The van der Waals surface area contributed by atoms with Gasteiger partial charge in [0.25, 0.3) is 6.43 Å². The predicted octanol–water partition coefficient (Wildman–Crippen LogP) is 2.79. The molecule has 0 unspecified atom stereocenters. The van der Waals surface area contributed by atoms with Gasteiger partial charge in [-0.3, -0.25) is 0 Å². The van der Waals surface area contributed by atoms with E-state index in [0.29, 0.717) is 12.3 Å². The van der Waals surface area contributed by atoms with Gasteiger partial charge in [0.2, 0.25) is 5.88 Å². The first-order chi connectivity index (χ1) is 7.33. The maximum atomic E-state index is 12.2. The summed E-state index contributed by atoms with van der Waals surface area (Å²) < 4.78 is 63.1. The van der Waals surface area contributed by atoms with E-state index in [1.54, 1.807) is 0 Å². The number of nitrogens with zero attached hydrogens (tertiary/aromatic N) is 2. The number of hydrogen-bond acceptors (Lipinski definition) is 3. The average Bonchev–Trinajstić information content (AvgIpc) is 2.14. The lowest BCUT2D eigenvalue weighted by Gasteiger charge is -2.09. The number of halogens is 5. The van der Waals surface area contributed by atoms with Gasteiger partial charge in [-0.05, 0) is 0 Å². The van der Waals surface area contributed by atoms with Gasteiger partial charge >= 0.3 is 6.36 Å². The van der Waals surface area contributed by atoms with E-state index in [4.69, 9.17) is 5.26 Å². The van der Waals surface area contributed by atoms with Gasteiger partial charge in [0.15, 0.2) is 0 Å². The van der Waals surface area contributed by atoms with Gasteiger partial charge in [0.05, 0.1) is 17.2 Å². The standard InChI is InChI=1S/C8H3F5N2O/c9-7(10)5-3-15-6(1-4(5)2-14)16-8(11,12)13/h1,3,7H. The molecule has 86 valence electrons. The summed E-state index contributed by atoms with van der Waals surface area (Å²) >= 11 is 0. The highest BCUT2D eigenvalue weighted by molar-refractivity contribution is 5.39. The molecule has 0 saturated heterocycles. The Hall–Kier alpha value is -1.91. The Morgan fingerprint density at radius 3 is 2.44 bits per heavy atom. The Bertz CT molecular complexity index is 423. The number of ether oxygens (including phenoxy) is 1. The van der Waals surface area contributed by atoms with E-state index >= 15 is 0 Å². The highest BCUT2D eigenvalue weighted by Crippen LogP contribution is 2.26. The summed E-state index contributed by atoms with van der Waals surface area (Å²) in [6.45, 7) is 0. The monoisotopic (exact) mass is 238 g/mol. The minimum Gasteiger partial charge on any atom is -0.388 e. The van der Waals surface area contributed by atoms with Crippen molar-refractivity contribution in [2.75, 3.05) is 0 Å². The summed E-state index contributed by atoms with van der Waals surface area (Å²) in [5.41, 5.74) is -1.35. The Morgan fingerprint density at radius 2 is 2.00 bits per heavy atom. The van der Waals surface area contributed by atoms with E-state index in [1.807, 2.05) is 0 Å². The van der Waals surface area contributed by atoms with Crippen LogP contribution in [0.5, 0.6) is 5.88 Å². The molecule has 0 aliphatic rings. The molecule has 0 aromatic carbocycles. The van der Waals surface area contributed by atoms with Crippen molar-refractivity contribution >= 4 is 0 Å². The summed E-state index contributed by atoms with van der Waals surface area (Å²) in [5.74, 6) is -0.951. The molecule has 1 rings (SSSR count). The third kappa shape index (κ3) is 3.05. The number of hydrogen-bond donors (Lipinski definition) is 0. The van der Waals surface area contributed by atoms with Crippen molar-refractivity contribution in [1.29, 1.82) is 5.26 Å². The fourth-order valence-electron chi connectivity index (χ4n) is 0.892. The first-order valence-corrected chi connectivity index (χ1v) is 3.77. The average molecular weight is 238 g/mol. The number of rotatable bonds is 2. The summed E-state index contributed by atoms with van der Waals surface area (Å²) in [7, 11) is 0. The van der Waals surface area contributed by atoms with Crippen LogP contribution in [0.25, 0.3) is 0 Å². The van der Waals surface area contributed by atoms with Crippen LogP contribution in [0.2, 0.25) is 0 Å². The van der Waals surface area contributed by atoms with Crippen molar-refractivity contribution in [3.8, 4) is 11.9 Å². The summed E-state index contributed by atoms with van der Waals surface area (Å²) in [6.07, 6.45) is -7.49. The highest BCUT2D eigenvalue weighted by Gasteiger charge is 2.32. The van der Waals surface area contributed by atoms with Crippen molar-refractivity contribution in [3.63, 3.8) is 0 Å². The molecular formula is C8H3F5N2O. The number of pyridine rings is 1. The third-order valence-corrected chi connectivity index (χ3v) is 1.49. The number of aromatic nitrogens is 1. The van der Waals surface area contributed by atoms with Crippen LogP contribution in [-0.4, -0.2) is 11.3 Å². The summed E-state index contributed by atoms with van der Waals surface area (Å²) in [5, 5.41) is 8.44. The highest BCUT2D eigenvalue weighted by atomic mass is 19.4. The topological polar surface area (TPSA) is 45.9 Å². The molecule has 0 saturated carbocycles. The van der Waals surface area contributed by atoms with Gasteiger partial charge in [-0.25, -0.2) is 13.8 Å². The van der Waals surface area contributed by atoms with E-state index in [0.717, 1.165) is 0 Å². The van der Waals surface area contributed by atoms with E-state index < -0.39 is 29.8 Å². The van der Waals surface area contributed by atoms with Crippen LogP contribution >= 0.6 is 0 Å². The molecule has 1 aromatic heterocycles. The van der Waals surface area contributed by atoms with Gasteiger partial charge in [0.1, 0.15) is 0 Å². The summed E-state index contributed by atoms with van der Waals surface area (Å²) in [6, 6.07) is 1.84. The van der Waals surface area contributed by atoms with Crippen molar-refractivity contribution in [1.82, 2.24) is 4.98 Å². The molecule has 1 aromatic rings. The lowest BCUT2D eigenvalue weighted by atomic mass is 10.1. The van der Waals surface area contributed by atoms with Gasteiger partial charge < -0.3 is 4.74 Å². The largest absolute Gasteiger partial charge is 0.574 e. The van der Waals surface area contributed by atoms with Crippen LogP contribution in [0, 0.1) is 11.3 Å². The number of nitriles is 1. The molecule has 0 aliphatic carbocycles. The maximum Gasteiger partial charge on any atom is 0.574 e. The Balaban J connectivity index is 3.06. The Labute approximate surface area is 86.1 Å². The van der Waals surface area contributed by atoms with Crippen molar-refractivity contribution < 1.29 is 26.7 Å². The lowest BCUT2D eigenvalue weighted by Crippen LogP contribution is -2.18. The lowest BCUT2D eigenvalue weighted by molar-refractivity contribution is -0.276. The van der Waals surface area contributed by atoms with Crippen LogP contribution in [0.3, 0.4) is 0 Å². The van der Waals surface area contributed by atoms with E-state index in [2.05, 4.69) is 9.72 Å². The molecule has 0 N–H and O–H groups in total. The molecular weight excluding hydrogens is 235 g/mol. The van der Waals surface area contributed by atoms with Gasteiger partial charge in [-0.1, -0.05) is 0 Å². The first-order valence-electron chi connectivity index (χ1n) is 3.77. The normalized spacial score (nSPS) is 11.3. The maximum absolute atomic E-state index is 12.2. The quantitative estimate of drug-likeness (QED) is 0.744. The van der Waals surface area contributed by atoms with Crippen LogP contribution in [0.1, 0.15) is 17.6 Å². The second-order valence-corrected chi connectivity index (χ2v) is 2.57. The fourth-order valence-corrected chi connectivity index (χ4v) is 0.892. The Kier molecular flexibility index (Phi) is 3.27. The molecule has 0 fully saturated rings. The molecule has 0 spiro atoms. The van der Waals surface area contributed by atoms with Crippen molar-refractivity contribution in [2.24, 2.45) is 0 Å². The van der Waals surface area contributed by atoms with E-state index in [1.165, 1.54) is 6.07 Å². The molecule has 0 radical (unpaired) electrons. The first kappa shape index (κ1) is 12.2. The van der Waals surface area contributed by atoms with Crippen LogP contribution < -0.4 is 4.74 Å². The fraction of sp³-hybridized carbons (Fsp3) is 0.250. The zero-order valence-corrected chi connectivity index (χ0v) is 7.42. The predicted molar refractivity (Wildman–Crippen MR) is 40.6 cm³/mol. The summed E-state index contributed by atoms with van der Waals surface area (Å²) in [4.78, 5) is 3.02. The number of alkyl halides is 5. The molecule has 3 nitrogen and oxygen atoms in total. The molecule has 0 bridgehead atoms. The molecule has 0 atom stereocenters. The second kappa shape index (κ2) is 4.30. The molecule has 0 aliphatic heterocycles.